The molecule has 0 bridgehead atoms. The highest BCUT2D eigenvalue weighted by Crippen LogP contribution is 2.27. The minimum absolute atomic E-state index is 0.168. The Labute approximate surface area is 114 Å². The molecule has 0 fully saturated rings. The van der Waals surface area contributed by atoms with Gasteiger partial charge in [0.05, 0.1) is 0 Å². The Kier molecular flexibility index (Phi) is 4.33. The SMILES string of the molecule is CCNC(C)c1ccc(F)c(-c2cccc(C)c2)c1. The highest BCUT2D eigenvalue weighted by atomic mass is 19.1. The van der Waals surface area contributed by atoms with Crippen molar-refractivity contribution >= 4 is 0 Å². The first-order valence-electron chi connectivity index (χ1n) is 6.71. The fraction of sp³-hybridized carbons (Fsp3) is 0.294. The highest BCUT2D eigenvalue weighted by molar-refractivity contribution is 5.65. The van der Waals surface area contributed by atoms with E-state index in [-0.39, 0.29) is 11.9 Å². The largest absolute Gasteiger partial charge is 0.310 e. The maximum atomic E-state index is 14.0. The monoisotopic (exact) mass is 257 g/mol. The molecule has 100 valence electrons. The van der Waals surface area contributed by atoms with E-state index in [2.05, 4.69) is 19.2 Å². The number of aryl methyl sites for hydroxylation is 1. The maximum Gasteiger partial charge on any atom is 0.131 e. The zero-order valence-corrected chi connectivity index (χ0v) is 11.7. The number of nitrogens with one attached hydrogen (secondary N) is 1. The molecule has 1 nitrogen and oxygen atoms in total. The predicted molar refractivity (Wildman–Crippen MR) is 78.7 cm³/mol. The maximum absolute atomic E-state index is 14.0. The van der Waals surface area contributed by atoms with E-state index >= 15 is 0 Å². The van der Waals surface area contributed by atoms with Crippen LogP contribution in [0.15, 0.2) is 42.5 Å². The van der Waals surface area contributed by atoms with Gasteiger partial charge in [0.15, 0.2) is 0 Å². The highest BCUT2D eigenvalue weighted by Gasteiger charge is 2.10. The summed E-state index contributed by atoms with van der Waals surface area (Å²) in [7, 11) is 0. The van der Waals surface area contributed by atoms with Crippen molar-refractivity contribution in [2.24, 2.45) is 0 Å². The molecule has 0 heterocycles. The summed E-state index contributed by atoms with van der Waals surface area (Å²) in [6, 6.07) is 13.5. The van der Waals surface area contributed by atoms with Crippen molar-refractivity contribution in [1.82, 2.24) is 5.32 Å². The van der Waals surface area contributed by atoms with E-state index in [1.54, 1.807) is 6.07 Å². The van der Waals surface area contributed by atoms with E-state index in [1.807, 2.05) is 43.3 Å². The number of benzene rings is 2. The van der Waals surface area contributed by atoms with Crippen molar-refractivity contribution in [2.75, 3.05) is 6.54 Å². The molecule has 0 aromatic heterocycles. The van der Waals surface area contributed by atoms with Crippen LogP contribution in [-0.4, -0.2) is 6.54 Å². The van der Waals surface area contributed by atoms with Crippen LogP contribution in [0.4, 0.5) is 4.39 Å². The molecule has 0 saturated heterocycles. The number of hydrogen-bond acceptors (Lipinski definition) is 1. The first-order valence-corrected chi connectivity index (χ1v) is 6.71. The van der Waals surface area contributed by atoms with Gasteiger partial charge in [0.25, 0.3) is 0 Å². The van der Waals surface area contributed by atoms with Crippen LogP contribution in [0.1, 0.15) is 31.0 Å². The van der Waals surface area contributed by atoms with Crippen LogP contribution in [0.5, 0.6) is 0 Å². The molecule has 1 unspecified atom stereocenters. The van der Waals surface area contributed by atoms with E-state index in [0.717, 1.165) is 23.2 Å². The molecule has 0 aliphatic rings. The van der Waals surface area contributed by atoms with Gasteiger partial charge in [-0.1, -0.05) is 42.8 Å². The zero-order valence-electron chi connectivity index (χ0n) is 11.7. The third kappa shape index (κ3) is 3.21. The van der Waals surface area contributed by atoms with Crippen LogP contribution in [0.3, 0.4) is 0 Å². The predicted octanol–water partition coefficient (Wildman–Crippen LogP) is 4.47. The fourth-order valence-electron chi connectivity index (χ4n) is 2.27. The summed E-state index contributed by atoms with van der Waals surface area (Å²) < 4.78 is 14.0. The fourth-order valence-corrected chi connectivity index (χ4v) is 2.27. The van der Waals surface area contributed by atoms with E-state index in [4.69, 9.17) is 0 Å². The van der Waals surface area contributed by atoms with E-state index < -0.39 is 0 Å². The molecule has 0 aliphatic carbocycles. The molecule has 1 atom stereocenters. The Morgan fingerprint density at radius 2 is 1.95 bits per heavy atom. The van der Waals surface area contributed by atoms with Gasteiger partial charge < -0.3 is 5.32 Å². The molecule has 2 rings (SSSR count). The van der Waals surface area contributed by atoms with Crippen molar-refractivity contribution < 1.29 is 4.39 Å². The van der Waals surface area contributed by atoms with Gasteiger partial charge in [-0.25, -0.2) is 4.39 Å². The minimum Gasteiger partial charge on any atom is -0.310 e. The van der Waals surface area contributed by atoms with Crippen LogP contribution in [-0.2, 0) is 0 Å². The lowest BCUT2D eigenvalue weighted by molar-refractivity contribution is 0.593. The molecule has 0 spiro atoms. The molecule has 0 radical (unpaired) electrons. The van der Waals surface area contributed by atoms with Crippen molar-refractivity contribution in [3.05, 3.63) is 59.4 Å². The lowest BCUT2D eigenvalue weighted by Crippen LogP contribution is -2.17. The Morgan fingerprint density at radius 1 is 1.16 bits per heavy atom. The molecular formula is C17H20FN. The van der Waals surface area contributed by atoms with Gasteiger partial charge in [-0.05, 0) is 43.7 Å². The van der Waals surface area contributed by atoms with Crippen LogP contribution in [0, 0.1) is 12.7 Å². The molecule has 0 saturated carbocycles. The smallest absolute Gasteiger partial charge is 0.131 e. The second kappa shape index (κ2) is 5.98. The first-order chi connectivity index (χ1) is 9.11. The van der Waals surface area contributed by atoms with Gasteiger partial charge in [0.1, 0.15) is 5.82 Å². The standard InChI is InChI=1S/C17H20FN/c1-4-19-13(3)14-8-9-17(18)16(11-14)15-7-5-6-12(2)10-15/h5-11,13,19H,4H2,1-3H3. The lowest BCUT2D eigenvalue weighted by atomic mass is 9.98. The molecule has 2 heteroatoms. The molecule has 19 heavy (non-hydrogen) atoms. The van der Waals surface area contributed by atoms with E-state index in [1.165, 1.54) is 0 Å². The summed E-state index contributed by atoms with van der Waals surface area (Å²) in [6.45, 7) is 7.09. The van der Waals surface area contributed by atoms with Gasteiger partial charge >= 0.3 is 0 Å². The topological polar surface area (TPSA) is 12.0 Å². The first kappa shape index (κ1) is 13.8. The minimum atomic E-state index is -0.168. The van der Waals surface area contributed by atoms with Crippen molar-refractivity contribution in [1.29, 1.82) is 0 Å². The average Bonchev–Trinajstić information content (AvgIpc) is 2.39. The average molecular weight is 257 g/mol. The van der Waals surface area contributed by atoms with Crippen LogP contribution >= 0.6 is 0 Å². The van der Waals surface area contributed by atoms with Crippen molar-refractivity contribution in [3.63, 3.8) is 0 Å². The molecule has 1 N–H and O–H groups in total. The summed E-state index contributed by atoms with van der Waals surface area (Å²) in [4.78, 5) is 0. The summed E-state index contributed by atoms with van der Waals surface area (Å²) in [6.07, 6.45) is 0. The van der Waals surface area contributed by atoms with Gasteiger partial charge in [-0.2, -0.15) is 0 Å². The van der Waals surface area contributed by atoms with Crippen LogP contribution in [0.2, 0.25) is 0 Å². The lowest BCUT2D eigenvalue weighted by Gasteiger charge is -2.14. The van der Waals surface area contributed by atoms with Gasteiger partial charge in [-0.3, -0.25) is 0 Å². The van der Waals surface area contributed by atoms with Crippen LogP contribution < -0.4 is 5.32 Å². The number of hydrogen-bond donors (Lipinski definition) is 1. The van der Waals surface area contributed by atoms with Crippen LogP contribution in [0.25, 0.3) is 11.1 Å². The zero-order chi connectivity index (χ0) is 13.8. The Hall–Kier alpha value is -1.67. The van der Waals surface area contributed by atoms with E-state index in [9.17, 15) is 4.39 Å². The summed E-state index contributed by atoms with van der Waals surface area (Å²) in [5.74, 6) is -0.168. The van der Waals surface area contributed by atoms with Gasteiger partial charge in [0.2, 0.25) is 0 Å². The molecule has 2 aromatic rings. The quantitative estimate of drug-likeness (QED) is 0.852. The second-order valence-corrected chi connectivity index (χ2v) is 4.89. The molecule has 2 aromatic carbocycles. The number of rotatable bonds is 4. The Morgan fingerprint density at radius 3 is 2.63 bits per heavy atom. The van der Waals surface area contributed by atoms with Gasteiger partial charge in [-0.15, -0.1) is 0 Å². The third-order valence-corrected chi connectivity index (χ3v) is 3.33. The normalized spacial score (nSPS) is 12.4. The second-order valence-electron chi connectivity index (χ2n) is 4.89. The number of halogens is 1. The van der Waals surface area contributed by atoms with Crippen molar-refractivity contribution in [2.45, 2.75) is 26.8 Å². The summed E-state index contributed by atoms with van der Waals surface area (Å²) in [5, 5.41) is 3.35. The van der Waals surface area contributed by atoms with E-state index in [0.29, 0.717) is 5.56 Å². The van der Waals surface area contributed by atoms with Crippen molar-refractivity contribution in [3.8, 4) is 11.1 Å². The Bertz CT molecular complexity index is 563. The third-order valence-electron chi connectivity index (χ3n) is 3.33. The van der Waals surface area contributed by atoms with Gasteiger partial charge in [0, 0.05) is 11.6 Å². The Balaban J connectivity index is 2.42. The summed E-state index contributed by atoms with van der Waals surface area (Å²) in [5.41, 5.74) is 3.86. The summed E-state index contributed by atoms with van der Waals surface area (Å²) >= 11 is 0. The molecule has 0 amide bonds. The molecular weight excluding hydrogens is 237 g/mol. The molecule has 0 aliphatic heterocycles.